The van der Waals surface area contributed by atoms with Gasteiger partial charge in [0.05, 0.1) is 5.56 Å². The van der Waals surface area contributed by atoms with E-state index < -0.39 is 5.82 Å². The summed E-state index contributed by atoms with van der Waals surface area (Å²) in [5.74, 6) is -0.760. The van der Waals surface area contributed by atoms with Crippen molar-refractivity contribution in [1.29, 1.82) is 0 Å². The zero-order valence-corrected chi connectivity index (χ0v) is 12.1. The fourth-order valence-electron chi connectivity index (χ4n) is 2.71. The van der Waals surface area contributed by atoms with Crippen molar-refractivity contribution >= 4 is 11.7 Å². The molecule has 1 amide bonds. The van der Waals surface area contributed by atoms with Crippen molar-refractivity contribution in [3.8, 4) is 0 Å². The molecular weight excluding hydrogens is 281 g/mol. The highest BCUT2D eigenvalue weighted by atomic mass is 19.1. The van der Waals surface area contributed by atoms with Gasteiger partial charge in [0.2, 0.25) is 0 Å². The highest BCUT2D eigenvalue weighted by Crippen LogP contribution is 2.19. The Bertz CT molecular complexity index is 703. The standard InChI is InChI=1S/C18H16FNO2/c19-14-9-7-13(8-10-14)17(21)15-5-1-2-6-16(15)18(22)20-11-3-4-12-20/h1-2,5-10H,3-4,11-12H2. The molecule has 3 nitrogen and oxygen atoms in total. The van der Waals surface area contributed by atoms with Crippen LogP contribution in [0.4, 0.5) is 4.39 Å². The summed E-state index contributed by atoms with van der Waals surface area (Å²) in [5, 5.41) is 0. The van der Waals surface area contributed by atoms with E-state index in [0.29, 0.717) is 16.7 Å². The van der Waals surface area contributed by atoms with E-state index >= 15 is 0 Å². The molecule has 0 N–H and O–H groups in total. The van der Waals surface area contributed by atoms with Crippen LogP contribution in [0.1, 0.15) is 39.1 Å². The molecule has 0 atom stereocenters. The number of likely N-dealkylation sites (tertiary alicyclic amines) is 1. The van der Waals surface area contributed by atoms with Gasteiger partial charge in [0.1, 0.15) is 5.82 Å². The lowest BCUT2D eigenvalue weighted by Gasteiger charge is -2.17. The molecule has 4 heteroatoms. The number of nitrogens with zero attached hydrogens (tertiary/aromatic N) is 1. The topological polar surface area (TPSA) is 37.4 Å². The second kappa shape index (κ2) is 6.10. The molecule has 1 fully saturated rings. The van der Waals surface area contributed by atoms with Gasteiger partial charge in [0.25, 0.3) is 5.91 Å². The monoisotopic (exact) mass is 297 g/mol. The normalized spacial score (nSPS) is 14.1. The number of amides is 1. The molecule has 0 aliphatic carbocycles. The molecule has 1 aliphatic heterocycles. The summed E-state index contributed by atoms with van der Waals surface area (Å²) in [5.41, 5.74) is 1.16. The van der Waals surface area contributed by atoms with E-state index in [2.05, 4.69) is 0 Å². The summed E-state index contributed by atoms with van der Waals surface area (Å²) in [4.78, 5) is 27.0. The summed E-state index contributed by atoms with van der Waals surface area (Å²) in [6.45, 7) is 1.47. The fourth-order valence-corrected chi connectivity index (χ4v) is 2.71. The zero-order valence-electron chi connectivity index (χ0n) is 12.1. The molecule has 2 aromatic carbocycles. The first-order chi connectivity index (χ1) is 10.7. The van der Waals surface area contributed by atoms with Gasteiger partial charge in [-0.2, -0.15) is 0 Å². The van der Waals surface area contributed by atoms with Gasteiger partial charge < -0.3 is 4.90 Å². The van der Waals surface area contributed by atoms with Crippen molar-refractivity contribution in [2.75, 3.05) is 13.1 Å². The van der Waals surface area contributed by atoms with Crippen LogP contribution in [-0.4, -0.2) is 29.7 Å². The predicted octanol–water partition coefficient (Wildman–Crippen LogP) is 3.29. The highest BCUT2D eigenvalue weighted by molar-refractivity contribution is 6.15. The van der Waals surface area contributed by atoms with Crippen LogP contribution in [0, 0.1) is 5.82 Å². The quantitative estimate of drug-likeness (QED) is 0.815. The molecule has 2 aromatic rings. The molecule has 0 unspecified atom stereocenters. The van der Waals surface area contributed by atoms with Gasteiger partial charge in [-0.15, -0.1) is 0 Å². The summed E-state index contributed by atoms with van der Waals surface area (Å²) in [6, 6.07) is 12.2. The molecule has 0 spiro atoms. The van der Waals surface area contributed by atoms with E-state index in [9.17, 15) is 14.0 Å². The summed E-state index contributed by atoms with van der Waals surface area (Å²) < 4.78 is 13.0. The van der Waals surface area contributed by atoms with Crippen molar-refractivity contribution in [3.05, 3.63) is 71.0 Å². The van der Waals surface area contributed by atoms with Gasteiger partial charge in [0.15, 0.2) is 5.78 Å². The van der Waals surface area contributed by atoms with E-state index in [1.807, 2.05) is 0 Å². The van der Waals surface area contributed by atoms with Crippen LogP contribution in [0.5, 0.6) is 0 Å². The third-order valence-corrected chi connectivity index (χ3v) is 3.90. The molecule has 0 bridgehead atoms. The average molecular weight is 297 g/mol. The van der Waals surface area contributed by atoms with Crippen LogP contribution in [0.2, 0.25) is 0 Å². The van der Waals surface area contributed by atoms with Crippen LogP contribution in [0.25, 0.3) is 0 Å². The summed E-state index contributed by atoms with van der Waals surface area (Å²) >= 11 is 0. The second-order valence-electron chi connectivity index (χ2n) is 5.38. The lowest BCUT2D eigenvalue weighted by Crippen LogP contribution is -2.29. The molecule has 0 aromatic heterocycles. The number of benzene rings is 2. The molecular formula is C18H16FNO2. The van der Waals surface area contributed by atoms with Crippen LogP contribution in [0.15, 0.2) is 48.5 Å². The molecule has 112 valence electrons. The van der Waals surface area contributed by atoms with Gasteiger partial charge in [-0.3, -0.25) is 9.59 Å². The minimum absolute atomic E-state index is 0.108. The number of hydrogen-bond acceptors (Lipinski definition) is 2. The summed E-state index contributed by atoms with van der Waals surface area (Å²) in [7, 11) is 0. The van der Waals surface area contributed by atoms with E-state index in [-0.39, 0.29) is 11.7 Å². The van der Waals surface area contributed by atoms with E-state index in [1.165, 1.54) is 24.3 Å². The van der Waals surface area contributed by atoms with Crippen molar-refractivity contribution in [1.82, 2.24) is 4.90 Å². The first kappa shape index (κ1) is 14.4. The number of hydrogen-bond donors (Lipinski definition) is 0. The lowest BCUT2D eigenvalue weighted by atomic mass is 9.97. The maximum Gasteiger partial charge on any atom is 0.254 e. The number of ketones is 1. The molecule has 0 saturated carbocycles. The Labute approximate surface area is 128 Å². The van der Waals surface area contributed by atoms with Gasteiger partial charge in [0, 0.05) is 24.2 Å². The van der Waals surface area contributed by atoms with Crippen molar-refractivity contribution in [2.24, 2.45) is 0 Å². The molecule has 0 radical (unpaired) electrons. The molecule has 22 heavy (non-hydrogen) atoms. The van der Waals surface area contributed by atoms with E-state index in [1.54, 1.807) is 29.2 Å². The van der Waals surface area contributed by atoms with Crippen molar-refractivity contribution in [3.63, 3.8) is 0 Å². The first-order valence-electron chi connectivity index (χ1n) is 7.35. The number of carbonyl (C=O) groups excluding carboxylic acids is 2. The van der Waals surface area contributed by atoms with Crippen molar-refractivity contribution in [2.45, 2.75) is 12.8 Å². The Kier molecular flexibility index (Phi) is 4.00. The van der Waals surface area contributed by atoms with Gasteiger partial charge >= 0.3 is 0 Å². The number of rotatable bonds is 3. The van der Waals surface area contributed by atoms with Crippen LogP contribution >= 0.6 is 0 Å². The Balaban J connectivity index is 1.95. The number of halogens is 1. The summed E-state index contributed by atoms with van der Waals surface area (Å²) in [6.07, 6.45) is 2.00. The Morgan fingerprint density at radius 2 is 1.45 bits per heavy atom. The maximum atomic E-state index is 13.0. The maximum absolute atomic E-state index is 13.0. The smallest absolute Gasteiger partial charge is 0.254 e. The molecule has 1 aliphatic rings. The predicted molar refractivity (Wildman–Crippen MR) is 81.4 cm³/mol. The minimum Gasteiger partial charge on any atom is -0.339 e. The van der Waals surface area contributed by atoms with E-state index in [4.69, 9.17) is 0 Å². The molecule has 3 rings (SSSR count). The fraction of sp³-hybridized carbons (Fsp3) is 0.222. The molecule has 1 saturated heterocycles. The average Bonchev–Trinajstić information content (AvgIpc) is 3.09. The van der Waals surface area contributed by atoms with Crippen LogP contribution in [-0.2, 0) is 0 Å². The third-order valence-electron chi connectivity index (χ3n) is 3.90. The number of carbonyl (C=O) groups is 2. The molecule has 1 heterocycles. The van der Waals surface area contributed by atoms with Gasteiger partial charge in [-0.25, -0.2) is 4.39 Å². The Morgan fingerprint density at radius 1 is 0.864 bits per heavy atom. The minimum atomic E-state index is -0.391. The third kappa shape index (κ3) is 2.77. The highest BCUT2D eigenvalue weighted by Gasteiger charge is 2.24. The van der Waals surface area contributed by atoms with Crippen molar-refractivity contribution < 1.29 is 14.0 Å². The SMILES string of the molecule is O=C(c1ccc(F)cc1)c1ccccc1C(=O)N1CCCC1. The largest absolute Gasteiger partial charge is 0.339 e. The second-order valence-corrected chi connectivity index (χ2v) is 5.38. The van der Waals surface area contributed by atoms with Gasteiger partial charge in [-0.05, 0) is 43.2 Å². The zero-order chi connectivity index (χ0) is 15.5. The van der Waals surface area contributed by atoms with Crippen LogP contribution in [0.3, 0.4) is 0 Å². The van der Waals surface area contributed by atoms with E-state index in [0.717, 1.165) is 25.9 Å². The van der Waals surface area contributed by atoms with Gasteiger partial charge in [-0.1, -0.05) is 18.2 Å². The first-order valence-corrected chi connectivity index (χ1v) is 7.35. The lowest BCUT2D eigenvalue weighted by molar-refractivity contribution is 0.0788. The Morgan fingerprint density at radius 3 is 2.09 bits per heavy atom. The van der Waals surface area contributed by atoms with Crippen LogP contribution < -0.4 is 0 Å². The Hall–Kier alpha value is -2.49.